The van der Waals surface area contributed by atoms with Crippen LogP contribution in [-0.2, 0) is 16.1 Å². The van der Waals surface area contributed by atoms with Gasteiger partial charge in [-0.15, -0.1) is 11.5 Å². The third-order valence-electron chi connectivity index (χ3n) is 5.88. The quantitative estimate of drug-likeness (QED) is 0.364. The van der Waals surface area contributed by atoms with Gasteiger partial charge in [0.1, 0.15) is 17.9 Å². The molecule has 3 aromatic carbocycles. The highest BCUT2D eigenvalue weighted by molar-refractivity contribution is 5.95. The molecule has 0 saturated carbocycles. The minimum atomic E-state index is -0.273. The molecule has 0 unspecified atom stereocenters. The van der Waals surface area contributed by atoms with Crippen molar-refractivity contribution in [3.63, 3.8) is 0 Å². The largest absolute Gasteiger partial charge is 0.495 e. The van der Waals surface area contributed by atoms with Crippen molar-refractivity contribution in [2.24, 2.45) is 0 Å². The monoisotopic (exact) mass is 479 g/mol. The lowest BCUT2D eigenvalue weighted by atomic mass is 10.1. The Kier molecular flexibility index (Phi) is 6.65. The second-order valence-corrected chi connectivity index (χ2v) is 8.46. The summed E-state index contributed by atoms with van der Waals surface area (Å²) in [6, 6.07) is 21.1. The van der Waals surface area contributed by atoms with Crippen LogP contribution in [0.15, 0.2) is 73.1 Å². The number of terminal acetylenes is 1. The summed E-state index contributed by atoms with van der Waals surface area (Å²) >= 11 is 0. The Labute approximate surface area is 209 Å². The van der Waals surface area contributed by atoms with Gasteiger partial charge in [-0.2, -0.15) is 0 Å². The maximum atomic E-state index is 12.2. The fourth-order valence-corrected chi connectivity index (χ4v) is 4.05. The van der Waals surface area contributed by atoms with E-state index in [0.29, 0.717) is 24.7 Å². The first-order valence-electron chi connectivity index (χ1n) is 11.5. The van der Waals surface area contributed by atoms with Gasteiger partial charge in [0.15, 0.2) is 0 Å². The number of anilines is 3. The Bertz CT molecular complexity index is 1430. The second-order valence-electron chi connectivity index (χ2n) is 8.46. The standard InChI is InChI=1S/C28H25N5O3/c1-3-19-10-7-11-21(12-19)32-28-23-14-25(26(35-2)15-24(23)29-18-30-28)31-22-16-33(17-22)36-27(34)13-20-8-5-4-6-9-20/h1,4-12,14-15,18,22,31H,13,16-17H2,2H3,(H,29,30,32). The summed E-state index contributed by atoms with van der Waals surface area (Å²) in [5, 5.41) is 9.31. The summed E-state index contributed by atoms with van der Waals surface area (Å²) in [6.45, 7) is 1.13. The molecule has 1 saturated heterocycles. The topological polar surface area (TPSA) is 88.6 Å². The number of benzene rings is 3. The van der Waals surface area contributed by atoms with Gasteiger partial charge in [-0.25, -0.2) is 14.8 Å². The van der Waals surface area contributed by atoms with Gasteiger partial charge in [0.05, 0.1) is 43.9 Å². The zero-order valence-corrected chi connectivity index (χ0v) is 19.8. The molecule has 4 aromatic rings. The van der Waals surface area contributed by atoms with Gasteiger partial charge in [0.25, 0.3) is 0 Å². The van der Waals surface area contributed by atoms with Crippen molar-refractivity contribution in [3.8, 4) is 18.1 Å². The molecule has 1 fully saturated rings. The lowest BCUT2D eigenvalue weighted by molar-refractivity contribution is -0.208. The molecule has 0 aliphatic carbocycles. The zero-order valence-electron chi connectivity index (χ0n) is 19.8. The summed E-state index contributed by atoms with van der Waals surface area (Å²) in [5.74, 6) is 3.69. The number of rotatable bonds is 8. The Morgan fingerprint density at radius 3 is 2.72 bits per heavy atom. The van der Waals surface area contributed by atoms with Crippen molar-refractivity contribution < 1.29 is 14.4 Å². The molecule has 0 atom stereocenters. The van der Waals surface area contributed by atoms with Crippen LogP contribution in [0.25, 0.3) is 10.9 Å². The highest BCUT2D eigenvalue weighted by atomic mass is 16.7. The maximum absolute atomic E-state index is 12.2. The summed E-state index contributed by atoms with van der Waals surface area (Å²) in [7, 11) is 1.62. The third-order valence-corrected chi connectivity index (χ3v) is 5.88. The third kappa shape index (κ3) is 5.22. The van der Waals surface area contributed by atoms with Gasteiger partial charge in [-0.1, -0.05) is 42.3 Å². The molecule has 0 bridgehead atoms. The lowest BCUT2D eigenvalue weighted by Gasteiger charge is -2.38. The molecule has 1 aliphatic rings. The van der Waals surface area contributed by atoms with Gasteiger partial charge >= 0.3 is 5.97 Å². The molecular formula is C28H25N5O3. The van der Waals surface area contributed by atoms with Crippen molar-refractivity contribution in [3.05, 3.63) is 84.2 Å². The summed E-state index contributed by atoms with van der Waals surface area (Å²) in [4.78, 5) is 26.5. The number of hydrogen-bond acceptors (Lipinski definition) is 8. The number of ether oxygens (including phenoxy) is 1. The van der Waals surface area contributed by atoms with Gasteiger partial charge < -0.3 is 20.2 Å². The predicted molar refractivity (Wildman–Crippen MR) is 139 cm³/mol. The molecule has 5 rings (SSSR count). The molecule has 0 amide bonds. The number of carbonyl (C=O) groups is 1. The van der Waals surface area contributed by atoms with Gasteiger partial charge in [-0.3, -0.25) is 0 Å². The van der Waals surface area contributed by atoms with E-state index in [1.165, 1.54) is 6.33 Å². The van der Waals surface area contributed by atoms with E-state index in [2.05, 4.69) is 26.5 Å². The average molecular weight is 480 g/mol. The van der Waals surface area contributed by atoms with Crippen LogP contribution >= 0.6 is 0 Å². The minimum Gasteiger partial charge on any atom is -0.495 e. The Morgan fingerprint density at radius 2 is 1.94 bits per heavy atom. The lowest BCUT2D eigenvalue weighted by Crippen LogP contribution is -2.55. The molecule has 1 aliphatic heterocycles. The fraction of sp³-hybridized carbons (Fsp3) is 0.179. The van der Waals surface area contributed by atoms with Gasteiger partial charge in [-0.05, 0) is 29.8 Å². The normalized spacial score (nSPS) is 13.4. The molecule has 8 nitrogen and oxygen atoms in total. The van der Waals surface area contributed by atoms with E-state index in [0.717, 1.165) is 33.4 Å². The summed E-state index contributed by atoms with van der Waals surface area (Å²) < 4.78 is 5.60. The van der Waals surface area contributed by atoms with E-state index in [9.17, 15) is 4.79 Å². The smallest absolute Gasteiger partial charge is 0.329 e. The summed E-state index contributed by atoms with van der Waals surface area (Å²) in [6.07, 6.45) is 7.29. The van der Waals surface area contributed by atoms with Crippen LogP contribution in [-0.4, -0.2) is 47.2 Å². The second kappa shape index (κ2) is 10.3. The molecular weight excluding hydrogens is 454 g/mol. The Morgan fingerprint density at radius 1 is 1.11 bits per heavy atom. The van der Waals surface area contributed by atoms with E-state index >= 15 is 0 Å². The molecule has 8 heteroatoms. The fourth-order valence-electron chi connectivity index (χ4n) is 4.05. The first-order valence-corrected chi connectivity index (χ1v) is 11.5. The number of aromatic nitrogens is 2. The van der Waals surface area contributed by atoms with Gasteiger partial charge in [0.2, 0.25) is 0 Å². The highest BCUT2D eigenvalue weighted by Crippen LogP contribution is 2.34. The SMILES string of the molecule is C#Cc1cccc(Nc2ncnc3cc(OC)c(NC4CN(OC(=O)Cc5ccccc5)C4)cc23)c1. The van der Waals surface area contributed by atoms with Crippen LogP contribution in [0.2, 0.25) is 0 Å². The van der Waals surface area contributed by atoms with Crippen LogP contribution in [0.3, 0.4) is 0 Å². The van der Waals surface area contributed by atoms with Crippen molar-refractivity contribution >= 4 is 34.1 Å². The van der Waals surface area contributed by atoms with Crippen LogP contribution in [0.1, 0.15) is 11.1 Å². The number of hydrogen-bond donors (Lipinski definition) is 2. The van der Waals surface area contributed by atoms with Gasteiger partial charge in [0, 0.05) is 22.7 Å². The van der Waals surface area contributed by atoms with Crippen molar-refractivity contribution in [2.45, 2.75) is 12.5 Å². The number of methoxy groups -OCH3 is 1. The predicted octanol–water partition coefficient (Wildman–Crippen LogP) is 4.16. The zero-order chi connectivity index (χ0) is 24.9. The van der Waals surface area contributed by atoms with E-state index in [4.69, 9.17) is 16.0 Å². The number of nitrogens with one attached hydrogen (secondary N) is 2. The number of fused-ring (bicyclic) bond motifs is 1. The Hall–Kier alpha value is -4.61. The molecule has 0 radical (unpaired) electrons. The first kappa shape index (κ1) is 23.1. The minimum absolute atomic E-state index is 0.0919. The first-order chi connectivity index (χ1) is 17.6. The van der Waals surface area contributed by atoms with E-state index in [-0.39, 0.29) is 18.4 Å². The van der Waals surface area contributed by atoms with E-state index in [1.807, 2.05) is 66.7 Å². The average Bonchev–Trinajstić information content (AvgIpc) is 2.88. The molecule has 36 heavy (non-hydrogen) atoms. The van der Waals surface area contributed by atoms with Crippen LogP contribution < -0.4 is 15.4 Å². The number of carbonyl (C=O) groups excluding carboxylic acids is 1. The van der Waals surface area contributed by atoms with Crippen LogP contribution in [0.4, 0.5) is 17.2 Å². The molecule has 2 heterocycles. The van der Waals surface area contributed by atoms with E-state index in [1.54, 1.807) is 12.2 Å². The van der Waals surface area contributed by atoms with Crippen molar-refractivity contribution in [1.82, 2.24) is 15.0 Å². The van der Waals surface area contributed by atoms with Crippen molar-refractivity contribution in [1.29, 1.82) is 0 Å². The molecule has 2 N–H and O–H groups in total. The molecule has 1 aromatic heterocycles. The number of hydroxylamine groups is 2. The van der Waals surface area contributed by atoms with Crippen LogP contribution in [0.5, 0.6) is 5.75 Å². The van der Waals surface area contributed by atoms with E-state index < -0.39 is 0 Å². The molecule has 180 valence electrons. The number of nitrogens with zero attached hydrogens (tertiary/aromatic N) is 3. The van der Waals surface area contributed by atoms with Crippen LogP contribution in [0, 0.1) is 12.3 Å². The maximum Gasteiger partial charge on any atom is 0.329 e. The Balaban J connectivity index is 1.27. The highest BCUT2D eigenvalue weighted by Gasteiger charge is 2.30. The van der Waals surface area contributed by atoms with Crippen molar-refractivity contribution in [2.75, 3.05) is 30.8 Å². The summed E-state index contributed by atoms with van der Waals surface area (Å²) in [5.41, 5.74) is 4.09. The molecule has 0 spiro atoms.